The van der Waals surface area contributed by atoms with Crippen molar-refractivity contribution in [3.8, 4) is 16.9 Å². The maximum Gasteiger partial charge on any atom is 0.211 e. The van der Waals surface area contributed by atoms with Gasteiger partial charge in [-0.3, -0.25) is 4.79 Å². The number of hydrogen-bond acceptors (Lipinski definition) is 2. The van der Waals surface area contributed by atoms with Gasteiger partial charge in [0.15, 0.2) is 0 Å². The molecule has 3 nitrogen and oxygen atoms in total. The molecule has 0 saturated heterocycles. The summed E-state index contributed by atoms with van der Waals surface area (Å²) in [5, 5.41) is 2.67. The third kappa shape index (κ3) is 3.98. The van der Waals surface area contributed by atoms with E-state index >= 15 is 0 Å². The van der Waals surface area contributed by atoms with Crippen LogP contribution in [0.2, 0.25) is 0 Å². The van der Waals surface area contributed by atoms with Crippen LogP contribution in [0.15, 0.2) is 78.9 Å². The van der Waals surface area contributed by atoms with Crippen LogP contribution < -0.4 is 10.1 Å². The summed E-state index contributed by atoms with van der Waals surface area (Å²) in [6, 6.07) is 25.7. The van der Waals surface area contributed by atoms with Crippen molar-refractivity contribution in [2.24, 2.45) is 0 Å². The monoisotopic (exact) mass is 303 g/mol. The van der Waals surface area contributed by atoms with Gasteiger partial charge >= 0.3 is 0 Å². The molecule has 114 valence electrons. The van der Waals surface area contributed by atoms with Gasteiger partial charge in [-0.15, -0.1) is 0 Å². The fourth-order valence-electron chi connectivity index (χ4n) is 2.36. The Labute approximate surface area is 135 Å². The zero-order valence-corrected chi connectivity index (χ0v) is 12.6. The quantitative estimate of drug-likeness (QED) is 0.681. The van der Waals surface area contributed by atoms with Crippen molar-refractivity contribution in [1.29, 1.82) is 0 Å². The maximum atomic E-state index is 10.6. The number of carbonyl (C=O) groups excluding carboxylic acids is 1. The van der Waals surface area contributed by atoms with Gasteiger partial charge in [-0.1, -0.05) is 54.6 Å². The van der Waals surface area contributed by atoms with Gasteiger partial charge in [-0.05, 0) is 41.0 Å². The summed E-state index contributed by atoms with van der Waals surface area (Å²) in [5.41, 5.74) is 3.98. The van der Waals surface area contributed by atoms with Gasteiger partial charge in [0.2, 0.25) is 6.41 Å². The van der Waals surface area contributed by atoms with E-state index in [4.69, 9.17) is 4.74 Å². The Hall–Kier alpha value is -3.07. The van der Waals surface area contributed by atoms with Crippen LogP contribution in [-0.4, -0.2) is 6.41 Å². The average Bonchev–Trinajstić information content (AvgIpc) is 2.62. The SMILES string of the molecule is O=CNc1cccc(-c2cccc(OCc3ccccc3)c2)c1. The standard InChI is InChI=1S/C20H17NO2/c22-15-21-19-10-4-8-17(12-19)18-9-5-11-20(13-18)23-14-16-6-2-1-3-7-16/h1-13,15H,14H2,(H,21,22). The van der Waals surface area contributed by atoms with Gasteiger partial charge in [-0.25, -0.2) is 0 Å². The van der Waals surface area contributed by atoms with Crippen molar-refractivity contribution in [3.05, 3.63) is 84.4 Å². The minimum atomic E-state index is 0.539. The van der Waals surface area contributed by atoms with Gasteiger partial charge in [-0.2, -0.15) is 0 Å². The first-order valence-electron chi connectivity index (χ1n) is 7.42. The van der Waals surface area contributed by atoms with Crippen LogP contribution in [0.3, 0.4) is 0 Å². The van der Waals surface area contributed by atoms with Gasteiger partial charge in [0.05, 0.1) is 0 Å². The van der Waals surface area contributed by atoms with Crippen molar-refractivity contribution in [3.63, 3.8) is 0 Å². The molecule has 0 radical (unpaired) electrons. The number of nitrogens with one attached hydrogen (secondary N) is 1. The molecule has 0 unspecified atom stereocenters. The molecule has 0 aliphatic rings. The van der Waals surface area contributed by atoms with Crippen molar-refractivity contribution in [2.75, 3.05) is 5.32 Å². The van der Waals surface area contributed by atoms with Crippen molar-refractivity contribution in [1.82, 2.24) is 0 Å². The van der Waals surface area contributed by atoms with E-state index in [0.29, 0.717) is 13.0 Å². The normalized spacial score (nSPS) is 10.1. The van der Waals surface area contributed by atoms with E-state index in [0.717, 1.165) is 28.1 Å². The molecule has 0 heterocycles. The fraction of sp³-hybridized carbons (Fsp3) is 0.0500. The zero-order chi connectivity index (χ0) is 15.9. The molecule has 1 N–H and O–H groups in total. The second-order valence-corrected chi connectivity index (χ2v) is 5.15. The highest BCUT2D eigenvalue weighted by atomic mass is 16.5. The van der Waals surface area contributed by atoms with Crippen LogP contribution >= 0.6 is 0 Å². The Kier molecular flexibility index (Phi) is 4.69. The lowest BCUT2D eigenvalue weighted by molar-refractivity contribution is -0.105. The number of amides is 1. The Morgan fingerprint density at radius 1 is 0.826 bits per heavy atom. The summed E-state index contributed by atoms with van der Waals surface area (Å²) in [6.45, 7) is 0.539. The molecule has 3 aromatic carbocycles. The lowest BCUT2D eigenvalue weighted by Gasteiger charge is -2.09. The first-order valence-corrected chi connectivity index (χ1v) is 7.42. The van der Waals surface area contributed by atoms with Gasteiger partial charge in [0, 0.05) is 5.69 Å². The van der Waals surface area contributed by atoms with Crippen LogP contribution in [0.5, 0.6) is 5.75 Å². The van der Waals surface area contributed by atoms with Crippen molar-refractivity contribution >= 4 is 12.1 Å². The van der Waals surface area contributed by atoms with E-state index in [1.807, 2.05) is 78.9 Å². The molecule has 1 amide bonds. The van der Waals surface area contributed by atoms with Crippen LogP contribution in [0.1, 0.15) is 5.56 Å². The number of carbonyl (C=O) groups is 1. The molecule has 0 saturated carbocycles. The molecule has 0 spiro atoms. The Balaban J connectivity index is 1.77. The first kappa shape index (κ1) is 14.9. The lowest BCUT2D eigenvalue weighted by Crippen LogP contribution is -1.95. The summed E-state index contributed by atoms with van der Waals surface area (Å²) in [4.78, 5) is 10.6. The number of benzene rings is 3. The number of rotatable bonds is 6. The summed E-state index contributed by atoms with van der Waals surface area (Å²) < 4.78 is 5.86. The predicted octanol–water partition coefficient (Wildman–Crippen LogP) is 4.50. The molecule has 0 aromatic heterocycles. The van der Waals surface area contributed by atoms with Gasteiger partial charge < -0.3 is 10.1 Å². The second kappa shape index (κ2) is 7.27. The first-order chi connectivity index (χ1) is 11.3. The summed E-state index contributed by atoms with van der Waals surface area (Å²) in [5.74, 6) is 0.820. The van der Waals surface area contributed by atoms with Crippen LogP contribution in [0.4, 0.5) is 5.69 Å². The fourth-order valence-corrected chi connectivity index (χ4v) is 2.36. The number of ether oxygens (including phenoxy) is 1. The summed E-state index contributed by atoms with van der Waals surface area (Å²) in [7, 11) is 0. The highest BCUT2D eigenvalue weighted by molar-refractivity contribution is 5.76. The Bertz CT molecular complexity index is 784. The minimum absolute atomic E-state index is 0.539. The summed E-state index contributed by atoms with van der Waals surface area (Å²) in [6.07, 6.45) is 0.679. The van der Waals surface area contributed by atoms with Crippen LogP contribution in [0.25, 0.3) is 11.1 Å². The predicted molar refractivity (Wildman–Crippen MR) is 92.3 cm³/mol. The van der Waals surface area contributed by atoms with Gasteiger partial charge in [0.1, 0.15) is 12.4 Å². The second-order valence-electron chi connectivity index (χ2n) is 5.15. The van der Waals surface area contributed by atoms with E-state index < -0.39 is 0 Å². The molecular formula is C20H17NO2. The molecule has 0 bridgehead atoms. The molecule has 3 aromatic rings. The third-order valence-corrected chi connectivity index (χ3v) is 3.50. The molecular weight excluding hydrogens is 286 g/mol. The Morgan fingerprint density at radius 3 is 2.35 bits per heavy atom. The molecule has 3 heteroatoms. The number of hydrogen-bond donors (Lipinski definition) is 1. The highest BCUT2D eigenvalue weighted by Crippen LogP contribution is 2.26. The Morgan fingerprint density at radius 2 is 1.57 bits per heavy atom. The van der Waals surface area contributed by atoms with E-state index in [2.05, 4.69) is 5.32 Å². The molecule has 3 rings (SSSR count). The van der Waals surface area contributed by atoms with Gasteiger partial charge in [0.25, 0.3) is 0 Å². The molecule has 0 fully saturated rings. The molecule has 0 aliphatic heterocycles. The van der Waals surface area contributed by atoms with E-state index in [-0.39, 0.29) is 0 Å². The van der Waals surface area contributed by atoms with Crippen molar-refractivity contribution in [2.45, 2.75) is 6.61 Å². The van der Waals surface area contributed by atoms with Crippen molar-refractivity contribution < 1.29 is 9.53 Å². The van der Waals surface area contributed by atoms with Crippen LogP contribution in [0, 0.1) is 0 Å². The minimum Gasteiger partial charge on any atom is -0.489 e. The zero-order valence-electron chi connectivity index (χ0n) is 12.6. The third-order valence-electron chi connectivity index (χ3n) is 3.50. The highest BCUT2D eigenvalue weighted by Gasteiger charge is 2.02. The van der Waals surface area contributed by atoms with E-state index in [9.17, 15) is 4.79 Å². The average molecular weight is 303 g/mol. The van der Waals surface area contributed by atoms with Crippen LogP contribution in [-0.2, 0) is 11.4 Å². The van der Waals surface area contributed by atoms with E-state index in [1.54, 1.807) is 0 Å². The summed E-state index contributed by atoms with van der Waals surface area (Å²) >= 11 is 0. The maximum absolute atomic E-state index is 10.6. The molecule has 23 heavy (non-hydrogen) atoms. The number of anilines is 1. The largest absolute Gasteiger partial charge is 0.489 e. The molecule has 0 atom stereocenters. The smallest absolute Gasteiger partial charge is 0.211 e. The molecule has 0 aliphatic carbocycles. The topological polar surface area (TPSA) is 38.3 Å². The lowest BCUT2D eigenvalue weighted by atomic mass is 10.0. The van der Waals surface area contributed by atoms with E-state index in [1.165, 1.54) is 0 Å².